The van der Waals surface area contributed by atoms with Crippen molar-refractivity contribution >= 4 is 29.7 Å². The average Bonchev–Trinajstić information content (AvgIpc) is 3.68. The number of anilines is 3. The van der Waals surface area contributed by atoms with Gasteiger partial charge in [0.25, 0.3) is 0 Å². The Hall–Kier alpha value is -4.56. The van der Waals surface area contributed by atoms with Crippen LogP contribution in [0.3, 0.4) is 0 Å². The second-order valence-electron chi connectivity index (χ2n) is 12.2. The van der Waals surface area contributed by atoms with Crippen LogP contribution >= 0.6 is 0 Å². The summed E-state index contributed by atoms with van der Waals surface area (Å²) in [4.78, 5) is 46.7. The minimum Gasteiger partial charge on any atom is -0.341 e. The molecule has 0 bridgehead atoms. The number of carbonyl (C=O) groups excluding carboxylic acids is 2. The molecule has 2 aliphatic rings. The lowest BCUT2D eigenvalue weighted by Gasteiger charge is -2.59. The van der Waals surface area contributed by atoms with Gasteiger partial charge in [-0.2, -0.15) is 15.2 Å². The minimum atomic E-state index is -0.624. The number of piperazine rings is 1. The zero-order valence-corrected chi connectivity index (χ0v) is 26.6. The molecule has 2 N–H and O–H groups in total. The molecule has 0 amide bonds. The first-order chi connectivity index (χ1) is 22.2. The molecule has 0 aliphatic carbocycles. The van der Waals surface area contributed by atoms with Crippen molar-refractivity contribution in [3.8, 4) is 5.82 Å². The number of piperidine rings is 1. The molecule has 0 radical (unpaired) electrons. The summed E-state index contributed by atoms with van der Waals surface area (Å²) in [5, 5.41) is 14.4. The predicted octanol–water partition coefficient (Wildman–Crippen LogP) is 3.54. The van der Waals surface area contributed by atoms with Crippen molar-refractivity contribution in [3.05, 3.63) is 65.6 Å². The van der Waals surface area contributed by atoms with E-state index < -0.39 is 23.2 Å². The molecule has 2 unspecified atom stereocenters. The van der Waals surface area contributed by atoms with E-state index in [-0.39, 0.29) is 6.04 Å². The van der Waals surface area contributed by atoms with Gasteiger partial charge in [0.05, 0.1) is 18.4 Å². The predicted molar refractivity (Wildman–Crippen MR) is 171 cm³/mol. The molecular weight excluding hydrogens is 589 g/mol. The van der Waals surface area contributed by atoms with Crippen LogP contribution in [0.15, 0.2) is 42.9 Å². The van der Waals surface area contributed by atoms with Crippen LogP contribution in [-0.2, 0) is 9.59 Å². The molecule has 2 fully saturated rings. The summed E-state index contributed by atoms with van der Waals surface area (Å²) in [6.07, 6.45) is 6.90. The van der Waals surface area contributed by atoms with E-state index in [1.54, 1.807) is 12.3 Å². The van der Waals surface area contributed by atoms with Crippen molar-refractivity contribution < 1.29 is 14.0 Å². The summed E-state index contributed by atoms with van der Waals surface area (Å²) in [6.45, 7) is 11.6. The third-order valence-electron chi connectivity index (χ3n) is 9.23. The molecule has 4 aromatic heterocycles. The maximum Gasteiger partial charge on any atom is 0.227 e. The molecule has 2 saturated heterocycles. The van der Waals surface area contributed by atoms with E-state index >= 15 is 0 Å². The fourth-order valence-electron chi connectivity index (χ4n) is 7.04. The average molecular weight is 630 g/mol. The summed E-state index contributed by atoms with van der Waals surface area (Å²) in [5.74, 6) is 1.60. The summed E-state index contributed by atoms with van der Waals surface area (Å²) in [7, 11) is 0. The second kappa shape index (κ2) is 13.0. The van der Waals surface area contributed by atoms with Crippen LogP contribution in [0.4, 0.5) is 22.0 Å². The van der Waals surface area contributed by atoms with E-state index in [0.29, 0.717) is 62.2 Å². The third kappa shape index (κ3) is 6.14. The first-order valence-electron chi connectivity index (χ1n) is 15.8. The number of halogens is 1. The summed E-state index contributed by atoms with van der Waals surface area (Å²) in [5.41, 5.74) is 2.14. The summed E-state index contributed by atoms with van der Waals surface area (Å²) < 4.78 is 14.9. The van der Waals surface area contributed by atoms with Crippen LogP contribution in [-0.4, -0.2) is 101 Å². The third-order valence-corrected chi connectivity index (χ3v) is 9.23. The van der Waals surface area contributed by atoms with Crippen molar-refractivity contribution in [1.29, 1.82) is 0 Å². The molecule has 0 aromatic carbocycles. The van der Waals surface area contributed by atoms with Gasteiger partial charge in [0.2, 0.25) is 11.7 Å². The number of nitrogens with zero attached hydrogens (tertiary/aromatic N) is 9. The smallest absolute Gasteiger partial charge is 0.227 e. The van der Waals surface area contributed by atoms with Gasteiger partial charge in [-0.1, -0.05) is 13.0 Å². The fraction of sp³-hybridized carbons (Fsp3) is 0.469. The first-order valence-corrected chi connectivity index (χ1v) is 15.8. The van der Waals surface area contributed by atoms with Gasteiger partial charge in [0.1, 0.15) is 5.82 Å². The van der Waals surface area contributed by atoms with Crippen molar-refractivity contribution in [2.24, 2.45) is 0 Å². The van der Waals surface area contributed by atoms with Crippen LogP contribution in [0, 0.1) is 19.7 Å². The number of aldehydes is 1. The molecule has 4 aromatic rings. The standard InChI is InChI=1S/C32H40FN11O2/c1-5-10-42-13-14-43(23(4)24-6-7-29(34-17-24)44-19-25(33)18-35-44)30(26(46)20-45)32(42)8-11-41(12-9-32)31-36-21(2)15-27(38-31)37-28-16-22(3)39-40-28/h6-7,15-20,23,30H,5,8-14H2,1-4H3,(H2,36,37,38,39,40). The molecule has 46 heavy (non-hydrogen) atoms. The van der Waals surface area contributed by atoms with Crippen LogP contribution < -0.4 is 10.2 Å². The lowest BCUT2D eigenvalue weighted by molar-refractivity contribution is -0.146. The van der Waals surface area contributed by atoms with E-state index in [2.05, 4.69) is 47.2 Å². The molecular formula is C32H40FN11O2. The molecule has 2 atom stereocenters. The molecule has 242 valence electrons. The highest BCUT2D eigenvalue weighted by Gasteiger charge is 2.54. The topological polar surface area (TPSA) is 141 Å². The Labute approximate surface area is 267 Å². The lowest BCUT2D eigenvalue weighted by Crippen LogP contribution is -2.73. The zero-order chi connectivity index (χ0) is 32.4. The van der Waals surface area contributed by atoms with E-state index in [4.69, 9.17) is 9.97 Å². The maximum absolute atomic E-state index is 13.6. The van der Waals surface area contributed by atoms with Crippen molar-refractivity contribution in [2.75, 3.05) is 42.9 Å². The number of aromatic amines is 1. The van der Waals surface area contributed by atoms with Gasteiger partial charge in [-0.25, -0.2) is 19.0 Å². The first kappa shape index (κ1) is 31.4. The molecule has 6 rings (SSSR count). The Balaban J connectivity index is 1.26. The Morgan fingerprint density at radius 1 is 1.13 bits per heavy atom. The second-order valence-corrected chi connectivity index (χ2v) is 12.2. The largest absolute Gasteiger partial charge is 0.341 e. The minimum absolute atomic E-state index is 0.192. The number of nitrogens with one attached hydrogen (secondary N) is 2. The van der Waals surface area contributed by atoms with E-state index in [0.717, 1.165) is 42.7 Å². The number of aryl methyl sites for hydroxylation is 2. The molecule has 2 aliphatic heterocycles. The van der Waals surface area contributed by atoms with Crippen molar-refractivity contribution in [1.82, 2.24) is 44.7 Å². The Morgan fingerprint density at radius 2 is 1.93 bits per heavy atom. The molecule has 0 saturated carbocycles. The molecule has 1 spiro atoms. The Bertz CT molecular complexity index is 1680. The molecule has 14 heteroatoms. The van der Waals surface area contributed by atoms with E-state index in [1.165, 1.54) is 10.9 Å². The van der Waals surface area contributed by atoms with Gasteiger partial charge < -0.3 is 10.2 Å². The van der Waals surface area contributed by atoms with Crippen molar-refractivity contribution in [3.63, 3.8) is 0 Å². The number of pyridine rings is 1. The highest BCUT2D eigenvalue weighted by molar-refractivity contribution is 6.28. The normalized spacial score (nSPS) is 19.3. The number of hydrogen-bond acceptors (Lipinski definition) is 11. The van der Waals surface area contributed by atoms with Crippen LogP contribution in [0.1, 0.15) is 56.1 Å². The Kier molecular flexibility index (Phi) is 8.91. The monoisotopic (exact) mass is 629 g/mol. The van der Waals surface area contributed by atoms with Gasteiger partial charge >= 0.3 is 0 Å². The zero-order valence-electron chi connectivity index (χ0n) is 26.6. The van der Waals surface area contributed by atoms with E-state index in [9.17, 15) is 14.0 Å². The number of hydrogen-bond donors (Lipinski definition) is 2. The SMILES string of the molecule is CCCN1CCN(C(C)c2ccc(-n3cc(F)cn3)nc2)C(C(=O)C=O)C12CCN(c1nc(C)cc(Nc3cc(C)[nH]n3)n1)CC2. The van der Waals surface area contributed by atoms with E-state index in [1.807, 2.05) is 39.0 Å². The van der Waals surface area contributed by atoms with Crippen LogP contribution in [0.5, 0.6) is 0 Å². The summed E-state index contributed by atoms with van der Waals surface area (Å²) in [6, 6.07) is 6.69. The number of rotatable bonds is 10. The Morgan fingerprint density at radius 3 is 2.57 bits per heavy atom. The van der Waals surface area contributed by atoms with Gasteiger partial charge in [-0.3, -0.25) is 24.5 Å². The highest BCUT2D eigenvalue weighted by Crippen LogP contribution is 2.42. The number of carbonyl (C=O) groups is 2. The number of aromatic nitrogens is 7. The van der Waals surface area contributed by atoms with Gasteiger partial charge in [0.15, 0.2) is 23.7 Å². The molecule has 6 heterocycles. The van der Waals surface area contributed by atoms with Crippen molar-refractivity contribution in [2.45, 2.75) is 64.6 Å². The lowest BCUT2D eigenvalue weighted by atomic mass is 9.74. The number of Topliss-reactive ketones (excluding diaryl/α,β-unsaturated/α-hetero) is 1. The maximum atomic E-state index is 13.6. The summed E-state index contributed by atoms with van der Waals surface area (Å²) >= 11 is 0. The van der Waals surface area contributed by atoms with Gasteiger partial charge in [-0.05, 0) is 58.2 Å². The highest BCUT2D eigenvalue weighted by atomic mass is 19.1. The number of ketones is 1. The fourth-order valence-corrected chi connectivity index (χ4v) is 7.04. The quantitative estimate of drug-likeness (QED) is 0.197. The van der Waals surface area contributed by atoms with Gasteiger partial charge in [-0.15, -0.1) is 0 Å². The molecule has 13 nitrogen and oxygen atoms in total. The number of H-pyrrole nitrogens is 1. The van der Waals surface area contributed by atoms with Crippen LogP contribution in [0.25, 0.3) is 5.82 Å². The van der Waals surface area contributed by atoms with Crippen LogP contribution in [0.2, 0.25) is 0 Å². The van der Waals surface area contributed by atoms with Gasteiger partial charge in [0, 0.05) is 67.5 Å².